The van der Waals surface area contributed by atoms with E-state index >= 15 is 0 Å². The van der Waals surface area contributed by atoms with Gasteiger partial charge < -0.3 is 10.0 Å². The van der Waals surface area contributed by atoms with E-state index < -0.39 is 5.91 Å². The summed E-state index contributed by atoms with van der Waals surface area (Å²) in [7, 11) is 0. The Balaban J connectivity index is 1.78. The van der Waals surface area contributed by atoms with Gasteiger partial charge in [0, 0.05) is 17.8 Å². The lowest BCUT2D eigenvalue weighted by Crippen LogP contribution is -2.48. The van der Waals surface area contributed by atoms with Crippen LogP contribution >= 0.6 is 0 Å². The number of benzene rings is 2. The predicted molar refractivity (Wildman–Crippen MR) is 110 cm³/mol. The van der Waals surface area contributed by atoms with Gasteiger partial charge in [-0.05, 0) is 68.5 Å². The number of rotatable bonds is 4. The third kappa shape index (κ3) is 3.82. The fraction of sp³-hybridized carbons (Fsp3) is 0.364. The number of hydrogen-bond acceptors (Lipinski definition) is 4. The quantitative estimate of drug-likeness (QED) is 0.628. The zero-order valence-electron chi connectivity index (χ0n) is 16.4. The van der Waals surface area contributed by atoms with Crippen molar-refractivity contribution in [2.24, 2.45) is 5.10 Å². The van der Waals surface area contributed by atoms with Gasteiger partial charge in [-0.3, -0.25) is 4.79 Å². The largest absolute Gasteiger partial charge is 0.507 e. The molecule has 1 atom stereocenters. The molecule has 1 amide bonds. The highest BCUT2D eigenvalue weighted by Gasteiger charge is 2.35. The fourth-order valence-corrected chi connectivity index (χ4v) is 4.08. The number of phenolic OH excluding ortho intramolecular Hbond substituents is 1. The summed E-state index contributed by atoms with van der Waals surface area (Å²) < 4.78 is 0. The Morgan fingerprint density at radius 2 is 2.07 bits per heavy atom. The van der Waals surface area contributed by atoms with Gasteiger partial charge in [-0.15, -0.1) is 0 Å². The number of hydrogen-bond donors (Lipinski definition) is 2. The summed E-state index contributed by atoms with van der Waals surface area (Å²) in [4.78, 5) is 14.5. The van der Waals surface area contributed by atoms with Gasteiger partial charge >= 0.3 is 0 Å². The van der Waals surface area contributed by atoms with Crippen molar-refractivity contribution in [2.45, 2.75) is 45.6 Å². The molecule has 5 heteroatoms. The molecule has 0 saturated heterocycles. The van der Waals surface area contributed by atoms with Crippen molar-refractivity contribution in [3.05, 3.63) is 59.2 Å². The Morgan fingerprint density at radius 1 is 1.33 bits per heavy atom. The van der Waals surface area contributed by atoms with Crippen molar-refractivity contribution < 1.29 is 9.90 Å². The van der Waals surface area contributed by atoms with Crippen LogP contribution < -0.4 is 10.3 Å². The predicted octanol–water partition coefficient (Wildman–Crippen LogP) is 4.27. The van der Waals surface area contributed by atoms with E-state index in [0.717, 1.165) is 18.5 Å². The molecule has 142 valence electrons. The van der Waals surface area contributed by atoms with Gasteiger partial charge in [-0.25, -0.2) is 5.43 Å². The lowest BCUT2D eigenvalue weighted by Gasteiger charge is -2.47. The van der Waals surface area contributed by atoms with E-state index in [4.69, 9.17) is 0 Å². The SMILES string of the molecule is CCN1c2ccc(/C=N/NC(=O)c3ccccc3O)cc2C(C)CC1(C)C. The molecule has 0 spiro atoms. The Bertz CT molecular complexity index is 874. The van der Waals surface area contributed by atoms with Gasteiger partial charge in [0.15, 0.2) is 0 Å². The molecule has 0 aromatic heterocycles. The molecule has 3 rings (SSSR count). The molecule has 27 heavy (non-hydrogen) atoms. The van der Waals surface area contributed by atoms with Crippen molar-refractivity contribution in [2.75, 3.05) is 11.4 Å². The van der Waals surface area contributed by atoms with Gasteiger partial charge in [0.05, 0.1) is 11.8 Å². The van der Waals surface area contributed by atoms with E-state index in [9.17, 15) is 9.90 Å². The minimum Gasteiger partial charge on any atom is -0.507 e. The molecule has 2 aromatic carbocycles. The Labute approximate surface area is 160 Å². The summed E-state index contributed by atoms with van der Waals surface area (Å²) in [6.45, 7) is 10.00. The first-order chi connectivity index (χ1) is 12.8. The van der Waals surface area contributed by atoms with Gasteiger partial charge in [0.2, 0.25) is 0 Å². The first-order valence-corrected chi connectivity index (χ1v) is 9.36. The van der Waals surface area contributed by atoms with Crippen LogP contribution in [0.1, 0.15) is 61.5 Å². The third-order valence-electron chi connectivity index (χ3n) is 5.25. The first-order valence-electron chi connectivity index (χ1n) is 9.36. The molecule has 2 N–H and O–H groups in total. The number of hydrazone groups is 1. The van der Waals surface area contributed by atoms with Crippen molar-refractivity contribution in [3.8, 4) is 5.75 Å². The molecule has 1 heterocycles. The molecule has 0 bridgehead atoms. The number of nitrogens with one attached hydrogen (secondary N) is 1. The van der Waals surface area contributed by atoms with Crippen LogP contribution in [0.4, 0.5) is 5.69 Å². The van der Waals surface area contributed by atoms with Gasteiger partial charge in [-0.1, -0.05) is 25.1 Å². The van der Waals surface area contributed by atoms with E-state index in [0.29, 0.717) is 5.92 Å². The molecule has 0 fully saturated rings. The minimum atomic E-state index is -0.436. The average molecular weight is 365 g/mol. The molecule has 0 saturated carbocycles. The lowest BCUT2D eigenvalue weighted by atomic mass is 9.79. The van der Waals surface area contributed by atoms with E-state index in [-0.39, 0.29) is 16.9 Å². The van der Waals surface area contributed by atoms with Crippen LogP contribution in [0.3, 0.4) is 0 Å². The first kappa shape index (κ1) is 19.0. The topological polar surface area (TPSA) is 64.9 Å². The molecular weight excluding hydrogens is 338 g/mol. The summed E-state index contributed by atoms with van der Waals surface area (Å²) in [6, 6.07) is 12.7. The molecule has 5 nitrogen and oxygen atoms in total. The van der Waals surface area contributed by atoms with Crippen molar-refractivity contribution in [1.82, 2.24) is 5.43 Å². The normalized spacial score (nSPS) is 18.4. The van der Waals surface area contributed by atoms with E-state index in [1.807, 2.05) is 6.07 Å². The van der Waals surface area contributed by atoms with E-state index in [1.54, 1.807) is 24.4 Å². The van der Waals surface area contributed by atoms with Crippen LogP contribution in [-0.4, -0.2) is 29.3 Å². The highest BCUT2D eigenvalue weighted by molar-refractivity contribution is 5.97. The second kappa shape index (κ2) is 7.43. The number of nitrogens with zero attached hydrogens (tertiary/aromatic N) is 2. The smallest absolute Gasteiger partial charge is 0.275 e. The zero-order chi connectivity index (χ0) is 19.6. The molecular formula is C22H27N3O2. The van der Waals surface area contributed by atoms with Gasteiger partial charge in [-0.2, -0.15) is 5.10 Å². The highest BCUT2D eigenvalue weighted by Crippen LogP contribution is 2.43. The van der Waals surface area contributed by atoms with Crippen LogP contribution in [0.25, 0.3) is 0 Å². The lowest BCUT2D eigenvalue weighted by molar-refractivity contribution is 0.0952. The maximum atomic E-state index is 12.1. The maximum absolute atomic E-state index is 12.1. The monoisotopic (exact) mass is 365 g/mol. The van der Waals surface area contributed by atoms with E-state index in [1.165, 1.54) is 17.3 Å². The number of fused-ring (bicyclic) bond motifs is 1. The molecule has 0 aliphatic carbocycles. The van der Waals surface area contributed by atoms with Crippen LogP contribution in [-0.2, 0) is 0 Å². The minimum absolute atomic E-state index is 0.0601. The molecule has 0 radical (unpaired) electrons. The number of para-hydroxylation sites is 1. The summed E-state index contributed by atoms with van der Waals surface area (Å²) in [6.07, 6.45) is 2.74. The van der Waals surface area contributed by atoms with Crippen LogP contribution in [0, 0.1) is 0 Å². The number of amides is 1. The average Bonchev–Trinajstić information content (AvgIpc) is 2.62. The van der Waals surface area contributed by atoms with Crippen LogP contribution in [0.5, 0.6) is 5.75 Å². The molecule has 1 unspecified atom stereocenters. The maximum Gasteiger partial charge on any atom is 0.275 e. The highest BCUT2D eigenvalue weighted by atomic mass is 16.3. The Kier molecular flexibility index (Phi) is 5.22. The molecule has 2 aromatic rings. The number of phenols is 1. The Hall–Kier alpha value is -2.82. The van der Waals surface area contributed by atoms with Gasteiger partial charge in [0.1, 0.15) is 5.75 Å². The Morgan fingerprint density at radius 3 is 2.78 bits per heavy atom. The summed E-state index contributed by atoms with van der Waals surface area (Å²) in [5.74, 6) is -0.0355. The van der Waals surface area contributed by atoms with Crippen molar-refractivity contribution in [3.63, 3.8) is 0 Å². The summed E-state index contributed by atoms with van der Waals surface area (Å²) in [5.41, 5.74) is 6.34. The standard InChI is InChI=1S/C22H27N3O2/c1-5-25-19-11-10-16(12-18(19)15(2)13-22(25,3)4)14-23-24-21(27)17-8-6-7-9-20(17)26/h6-12,14-15,26H,5,13H2,1-4H3,(H,24,27)/b23-14+. The second-order valence-corrected chi connectivity index (χ2v) is 7.70. The van der Waals surface area contributed by atoms with E-state index in [2.05, 4.69) is 55.3 Å². The second-order valence-electron chi connectivity index (χ2n) is 7.70. The zero-order valence-corrected chi connectivity index (χ0v) is 16.4. The van der Waals surface area contributed by atoms with Crippen LogP contribution in [0.15, 0.2) is 47.6 Å². The van der Waals surface area contributed by atoms with Gasteiger partial charge in [0.25, 0.3) is 5.91 Å². The molecule has 1 aliphatic rings. The number of carbonyl (C=O) groups excluding carboxylic acids is 1. The van der Waals surface area contributed by atoms with Crippen molar-refractivity contribution in [1.29, 1.82) is 0 Å². The number of aromatic hydroxyl groups is 1. The van der Waals surface area contributed by atoms with Crippen LogP contribution in [0.2, 0.25) is 0 Å². The molecule has 1 aliphatic heterocycles. The fourth-order valence-electron chi connectivity index (χ4n) is 4.08. The summed E-state index contributed by atoms with van der Waals surface area (Å²) in [5, 5.41) is 13.8. The number of anilines is 1. The third-order valence-corrected chi connectivity index (χ3v) is 5.25. The summed E-state index contributed by atoms with van der Waals surface area (Å²) >= 11 is 0. The number of carbonyl (C=O) groups is 1. The van der Waals surface area contributed by atoms with Crippen molar-refractivity contribution >= 4 is 17.8 Å².